The minimum atomic E-state index is -0.453. The zero-order valence-electron chi connectivity index (χ0n) is 16.6. The lowest BCUT2D eigenvalue weighted by atomic mass is 10.0. The largest absolute Gasteiger partial charge is 0.495 e. The average molecular weight is 453 g/mol. The first-order valence-electron chi connectivity index (χ1n) is 9.49. The molecule has 0 unspecified atom stereocenters. The Morgan fingerprint density at radius 1 is 0.903 bits per heavy atom. The van der Waals surface area contributed by atoms with Crippen LogP contribution >= 0.6 is 23.2 Å². The standard InChI is InChI=1S/C24H18Cl2N2O3/c1-31-20-12-11-17(25)13-19(20)27-22-21(15-7-3-2-4-8-15)23(29)28(24(22)30)14-16-9-5-6-10-18(16)26/h2-13,27H,14H2,1H3. The fraction of sp³-hybridized carbons (Fsp3) is 0.0833. The number of hydrogen-bond acceptors (Lipinski definition) is 4. The number of amides is 2. The lowest BCUT2D eigenvalue weighted by Gasteiger charge is -2.17. The molecule has 0 aromatic heterocycles. The molecule has 31 heavy (non-hydrogen) atoms. The Morgan fingerprint density at radius 2 is 1.61 bits per heavy atom. The Balaban J connectivity index is 1.78. The van der Waals surface area contributed by atoms with Gasteiger partial charge in [-0.25, -0.2) is 0 Å². The summed E-state index contributed by atoms with van der Waals surface area (Å²) in [6.07, 6.45) is 0. The summed E-state index contributed by atoms with van der Waals surface area (Å²) in [5.41, 5.74) is 2.23. The molecule has 0 spiro atoms. The lowest BCUT2D eigenvalue weighted by Crippen LogP contribution is -2.32. The number of nitrogens with zero attached hydrogens (tertiary/aromatic N) is 1. The van der Waals surface area contributed by atoms with E-state index < -0.39 is 11.8 Å². The first-order chi connectivity index (χ1) is 15.0. The summed E-state index contributed by atoms with van der Waals surface area (Å²) in [6.45, 7) is 0.0610. The molecular weight excluding hydrogens is 435 g/mol. The van der Waals surface area contributed by atoms with Crippen molar-refractivity contribution in [1.29, 1.82) is 0 Å². The number of ether oxygens (including phenoxy) is 1. The van der Waals surface area contributed by atoms with Gasteiger partial charge in [-0.3, -0.25) is 14.5 Å². The van der Waals surface area contributed by atoms with Crippen LogP contribution in [0.3, 0.4) is 0 Å². The maximum absolute atomic E-state index is 13.4. The van der Waals surface area contributed by atoms with Crippen LogP contribution < -0.4 is 10.1 Å². The Kier molecular flexibility index (Phi) is 5.98. The van der Waals surface area contributed by atoms with Gasteiger partial charge in [-0.05, 0) is 35.4 Å². The number of halogens is 2. The summed E-state index contributed by atoms with van der Waals surface area (Å²) in [6, 6.07) is 21.2. The zero-order valence-corrected chi connectivity index (χ0v) is 18.1. The molecule has 0 radical (unpaired) electrons. The normalized spacial score (nSPS) is 13.7. The minimum absolute atomic E-state index is 0.0610. The highest BCUT2D eigenvalue weighted by Crippen LogP contribution is 2.35. The average Bonchev–Trinajstić information content (AvgIpc) is 3.00. The van der Waals surface area contributed by atoms with Crippen molar-refractivity contribution >= 4 is 46.3 Å². The number of methoxy groups -OCH3 is 1. The monoisotopic (exact) mass is 452 g/mol. The number of benzene rings is 3. The van der Waals surface area contributed by atoms with Crippen molar-refractivity contribution in [2.45, 2.75) is 6.54 Å². The maximum Gasteiger partial charge on any atom is 0.278 e. The summed E-state index contributed by atoms with van der Waals surface area (Å²) < 4.78 is 5.38. The Morgan fingerprint density at radius 3 is 2.32 bits per heavy atom. The van der Waals surface area contributed by atoms with E-state index in [9.17, 15) is 9.59 Å². The second kappa shape index (κ2) is 8.84. The van der Waals surface area contributed by atoms with Crippen molar-refractivity contribution in [1.82, 2.24) is 4.90 Å². The second-order valence-corrected chi connectivity index (χ2v) is 7.72. The van der Waals surface area contributed by atoms with Gasteiger partial charge in [0, 0.05) is 10.0 Å². The van der Waals surface area contributed by atoms with E-state index in [1.807, 2.05) is 24.3 Å². The molecule has 0 saturated heterocycles. The summed E-state index contributed by atoms with van der Waals surface area (Å²) in [5, 5.41) is 4.04. The maximum atomic E-state index is 13.4. The van der Waals surface area contributed by atoms with Gasteiger partial charge in [-0.2, -0.15) is 0 Å². The third kappa shape index (κ3) is 4.15. The number of carbonyl (C=O) groups excluding carboxylic acids is 2. The predicted molar refractivity (Wildman–Crippen MR) is 122 cm³/mol. The molecular formula is C24H18Cl2N2O3. The third-order valence-corrected chi connectivity index (χ3v) is 5.54. The molecule has 1 N–H and O–H groups in total. The van der Waals surface area contributed by atoms with Crippen molar-refractivity contribution in [2.24, 2.45) is 0 Å². The molecule has 3 aromatic rings. The molecule has 2 amide bonds. The van der Waals surface area contributed by atoms with Crippen molar-refractivity contribution in [2.75, 3.05) is 12.4 Å². The van der Waals surface area contributed by atoms with E-state index in [1.165, 1.54) is 12.0 Å². The smallest absolute Gasteiger partial charge is 0.278 e. The Labute approximate surface area is 189 Å². The number of hydrogen-bond donors (Lipinski definition) is 1. The number of nitrogens with one attached hydrogen (secondary N) is 1. The highest BCUT2D eigenvalue weighted by molar-refractivity contribution is 6.37. The molecule has 156 valence electrons. The van der Waals surface area contributed by atoms with E-state index >= 15 is 0 Å². The van der Waals surface area contributed by atoms with Crippen LogP contribution in [0.4, 0.5) is 5.69 Å². The van der Waals surface area contributed by atoms with Crippen LogP contribution in [0.15, 0.2) is 78.5 Å². The van der Waals surface area contributed by atoms with Gasteiger partial charge in [0.05, 0.1) is 24.9 Å². The predicted octanol–water partition coefficient (Wildman–Crippen LogP) is 5.39. The van der Waals surface area contributed by atoms with Crippen LogP contribution in [0.1, 0.15) is 11.1 Å². The van der Waals surface area contributed by atoms with Gasteiger partial charge in [-0.15, -0.1) is 0 Å². The van der Waals surface area contributed by atoms with E-state index in [2.05, 4.69) is 5.32 Å². The molecule has 7 heteroatoms. The van der Waals surface area contributed by atoms with Crippen LogP contribution in [-0.4, -0.2) is 23.8 Å². The molecule has 3 aromatic carbocycles. The highest BCUT2D eigenvalue weighted by atomic mass is 35.5. The molecule has 1 aliphatic rings. The number of rotatable bonds is 6. The molecule has 0 saturated carbocycles. The number of imide groups is 1. The minimum Gasteiger partial charge on any atom is -0.495 e. The summed E-state index contributed by atoms with van der Waals surface area (Å²) in [7, 11) is 1.52. The van der Waals surface area contributed by atoms with Crippen molar-refractivity contribution in [3.63, 3.8) is 0 Å². The van der Waals surface area contributed by atoms with Gasteiger partial charge in [0.1, 0.15) is 11.4 Å². The van der Waals surface area contributed by atoms with Crippen LogP contribution in [0.5, 0.6) is 5.75 Å². The van der Waals surface area contributed by atoms with Crippen LogP contribution in [0.2, 0.25) is 10.0 Å². The second-order valence-electron chi connectivity index (χ2n) is 6.87. The number of anilines is 1. The van der Waals surface area contributed by atoms with Gasteiger partial charge in [0.15, 0.2) is 0 Å². The molecule has 1 heterocycles. The molecule has 0 atom stereocenters. The van der Waals surface area contributed by atoms with Gasteiger partial charge >= 0.3 is 0 Å². The summed E-state index contributed by atoms with van der Waals surface area (Å²) in [5.74, 6) is -0.362. The molecule has 4 rings (SSSR count). The van der Waals surface area contributed by atoms with Crippen LogP contribution in [-0.2, 0) is 16.1 Å². The zero-order chi connectivity index (χ0) is 22.0. The fourth-order valence-electron chi connectivity index (χ4n) is 3.42. The lowest BCUT2D eigenvalue weighted by molar-refractivity contribution is -0.137. The first kappa shape index (κ1) is 21.0. The van der Waals surface area contributed by atoms with Crippen molar-refractivity contribution in [3.8, 4) is 5.75 Å². The van der Waals surface area contributed by atoms with E-state index in [0.29, 0.717) is 32.6 Å². The van der Waals surface area contributed by atoms with E-state index in [-0.39, 0.29) is 17.8 Å². The fourth-order valence-corrected chi connectivity index (χ4v) is 3.79. The topological polar surface area (TPSA) is 58.6 Å². The quantitative estimate of drug-likeness (QED) is 0.509. The van der Waals surface area contributed by atoms with E-state index in [4.69, 9.17) is 27.9 Å². The van der Waals surface area contributed by atoms with E-state index in [0.717, 1.165) is 0 Å². The number of carbonyl (C=O) groups is 2. The van der Waals surface area contributed by atoms with Crippen LogP contribution in [0.25, 0.3) is 5.57 Å². The van der Waals surface area contributed by atoms with Crippen molar-refractivity contribution < 1.29 is 14.3 Å². The Hall–Kier alpha value is -3.28. The molecule has 5 nitrogen and oxygen atoms in total. The van der Waals surface area contributed by atoms with Gasteiger partial charge in [0.2, 0.25) is 0 Å². The third-order valence-electron chi connectivity index (χ3n) is 4.94. The molecule has 0 aliphatic carbocycles. The highest BCUT2D eigenvalue weighted by Gasteiger charge is 2.39. The van der Waals surface area contributed by atoms with Gasteiger partial charge in [-0.1, -0.05) is 71.7 Å². The SMILES string of the molecule is COc1ccc(Cl)cc1NC1=C(c2ccccc2)C(=O)N(Cc2ccccc2Cl)C1=O. The Bertz CT molecular complexity index is 1190. The van der Waals surface area contributed by atoms with E-state index in [1.54, 1.807) is 48.5 Å². The summed E-state index contributed by atoms with van der Waals surface area (Å²) in [4.78, 5) is 27.9. The van der Waals surface area contributed by atoms with Gasteiger partial charge in [0.25, 0.3) is 11.8 Å². The molecule has 1 aliphatic heterocycles. The molecule has 0 fully saturated rings. The van der Waals surface area contributed by atoms with Crippen LogP contribution in [0, 0.1) is 0 Å². The first-order valence-corrected chi connectivity index (χ1v) is 10.2. The van der Waals surface area contributed by atoms with Gasteiger partial charge < -0.3 is 10.1 Å². The van der Waals surface area contributed by atoms with Crippen molar-refractivity contribution in [3.05, 3.63) is 99.7 Å². The summed E-state index contributed by atoms with van der Waals surface area (Å²) >= 11 is 12.4. The molecule has 0 bridgehead atoms.